The van der Waals surface area contributed by atoms with Gasteiger partial charge < -0.3 is 15.3 Å². The lowest BCUT2D eigenvalue weighted by molar-refractivity contribution is -0.123. The SMILES string of the molecule is CNC[C@H](O)[C@H](c1ccccc1)N1C(=O)C(C)(C)c2ccc(F)cc21. The van der Waals surface area contributed by atoms with Crippen molar-refractivity contribution in [3.63, 3.8) is 0 Å². The Balaban J connectivity index is 2.16. The minimum absolute atomic E-state index is 0.142. The molecule has 2 N–H and O–H groups in total. The van der Waals surface area contributed by atoms with E-state index in [1.807, 2.05) is 44.2 Å². The molecular formula is C20H23FN2O2. The predicted molar refractivity (Wildman–Crippen MR) is 96.0 cm³/mol. The topological polar surface area (TPSA) is 52.6 Å². The molecule has 0 unspecified atom stereocenters. The molecule has 2 aromatic carbocycles. The molecule has 0 aliphatic carbocycles. The van der Waals surface area contributed by atoms with Crippen molar-refractivity contribution in [1.29, 1.82) is 0 Å². The van der Waals surface area contributed by atoms with Crippen LogP contribution in [0.5, 0.6) is 0 Å². The lowest BCUT2D eigenvalue weighted by Crippen LogP contribution is -2.45. The molecule has 1 aliphatic rings. The number of nitrogens with one attached hydrogen (secondary N) is 1. The summed E-state index contributed by atoms with van der Waals surface area (Å²) >= 11 is 0. The summed E-state index contributed by atoms with van der Waals surface area (Å²) in [7, 11) is 1.74. The van der Waals surface area contributed by atoms with Gasteiger partial charge in [-0.1, -0.05) is 36.4 Å². The number of fused-ring (bicyclic) bond motifs is 1. The number of hydrogen-bond donors (Lipinski definition) is 2. The number of halogens is 1. The van der Waals surface area contributed by atoms with Crippen molar-refractivity contribution in [1.82, 2.24) is 5.32 Å². The van der Waals surface area contributed by atoms with Crippen molar-refractivity contribution in [2.24, 2.45) is 0 Å². The third-order valence-electron chi connectivity index (χ3n) is 4.84. The van der Waals surface area contributed by atoms with Crippen molar-refractivity contribution >= 4 is 11.6 Å². The van der Waals surface area contributed by atoms with Crippen molar-refractivity contribution in [2.45, 2.75) is 31.4 Å². The van der Waals surface area contributed by atoms with Gasteiger partial charge in [0.2, 0.25) is 5.91 Å². The average Bonchev–Trinajstić information content (AvgIpc) is 2.77. The van der Waals surface area contributed by atoms with Gasteiger partial charge in [0, 0.05) is 6.54 Å². The van der Waals surface area contributed by atoms with Crippen molar-refractivity contribution in [2.75, 3.05) is 18.5 Å². The Labute approximate surface area is 147 Å². The molecule has 2 atom stereocenters. The highest BCUT2D eigenvalue weighted by Gasteiger charge is 2.48. The fourth-order valence-corrected chi connectivity index (χ4v) is 3.55. The van der Waals surface area contributed by atoms with E-state index in [1.54, 1.807) is 18.0 Å². The second kappa shape index (κ2) is 6.58. The third-order valence-corrected chi connectivity index (χ3v) is 4.84. The summed E-state index contributed by atoms with van der Waals surface area (Å²) in [4.78, 5) is 14.7. The first-order valence-electron chi connectivity index (χ1n) is 8.39. The third kappa shape index (κ3) is 2.94. The molecule has 0 spiro atoms. The number of nitrogens with zero attached hydrogens (tertiary/aromatic N) is 1. The van der Waals surface area contributed by atoms with Gasteiger partial charge in [-0.15, -0.1) is 0 Å². The number of hydrogen-bond acceptors (Lipinski definition) is 3. The molecule has 1 aliphatic heterocycles. The number of anilines is 1. The van der Waals surface area contributed by atoms with Crippen LogP contribution < -0.4 is 10.2 Å². The number of aliphatic hydroxyl groups excluding tert-OH is 1. The zero-order valence-corrected chi connectivity index (χ0v) is 14.7. The van der Waals surface area contributed by atoms with Crippen LogP contribution in [0.25, 0.3) is 0 Å². The number of carbonyl (C=O) groups is 1. The Hall–Kier alpha value is -2.24. The predicted octanol–water partition coefficient (Wildman–Crippen LogP) is 2.77. The van der Waals surface area contributed by atoms with Crippen molar-refractivity contribution in [3.8, 4) is 0 Å². The van der Waals surface area contributed by atoms with Crippen LogP contribution in [0.3, 0.4) is 0 Å². The van der Waals surface area contributed by atoms with Gasteiger partial charge in [0.1, 0.15) is 5.82 Å². The molecule has 0 radical (unpaired) electrons. The van der Waals surface area contributed by atoms with E-state index < -0.39 is 23.4 Å². The van der Waals surface area contributed by atoms with Gasteiger partial charge in [-0.3, -0.25) is 4.79 Å². The molecule has 0 bridgehead atoms. The van der Waals surface area contributed by atoms with E-state index in [9.17, 15) is 14.3 Å². The van der Waals surface area contributed by atoms with E-state index in [0.717, 1.165) is 11.1 Å². The fraction of sp³-hybridized carbons (Fsp3) is 0.350. The molecule has 0 aromatic heterocycles. The maximum atomic E-state index is 13.9. The molecular weight excluding hydrogens is 319 g/mol. The monoisotopic (exact) mass is 342 g/mol. The summed E-state index contributed by atoms with van der Waals surface area (Å²) in [6, 6.07) is 13.2. The van der Waals surface area contributed by atoms with Crippen molar-refractivity contribution in [3.05, 3.63) is 65.5 Å². The summed E-state index contributed by atoms with van der Waals surface area (Å²) in [5.41, 5.74) is 1.34. The van der Waals surface area contributed by atoms with Gasteiger partial charge in [0.15, 0.2) is 0 Å². The molecule has 1 amide bonds. The Bertz CT molecular complexity index is 777. The Morgan fingerprint density at radius 3 is 2.52 bits per heavy atom. The van der Waals surface area contributed by atoms with E-state index in [0.29, 0.717) is 12.2 Å². The van der Waals surface area contributed by atoms with Gasteiger partial charge in [-0.25, -0.2) is 4.39 Å². The summed E-state index contributed by atoms with van der Waals surface area (Å²) in [5.74, 6) is -0.540. The zero-order valence-electron chi connectivity index (χ0n) is 14.7. The van der Waals surface area contributed by atoms with E-state index in [1.165, 1.54) is 12.1 Å². The molecule has 25 heavy (non-hydrogen) atoms. The van der Waals surface area contributed by atoms with Gasteiger partial charge in [-0.2, -0.15) is 0 Å². The number of rotatable bonds is 5. The first-order chi connectivity index (χ1) is 11.9. The van der Waals surface area contributed by atoms with Gasteiger partial charge in [0.25, 0.3) is 0 Å². The van der Waals surface area contributed by atoms with Crippen LogP contribution in [0.1, 0.15) is 31.0 Å². The maximum absolute atomic E-state index is 13.9. The summed E-state index contributed by atoms with van der Waals surface area (Å²) in [6.07, 6.45) is -0.832. The van der Waals surface area contributed by atoms with Crippen LogP contribution in [0, 0.1) is 5.82 Å². The van der Waals surface area contributed by atoms with Crippen LogP contribution in [0.4, 0.5) is 10.1 Å². The first-order valence-corrected chi connectivity index (χ1v) is 8.39. The van der Waals surface area contributed by atoms with Gasteiger partial charge in [-0.05, 0) is 44.2 Å². The molecule has 2 aromatic rings. The Morgan fingerprint density at radius 1 is 1.20 bits per heavy atom. The minimum atomic E-state index is -0.832. The van der Waals surface area contributed by atoms with Crippen LogP contribution in [0.15, 0.2) is 48.5 Å². The van der Waals surface area contributed by atoms with Gasteiger partial charge >= 0.3 is 0 Å². The maximum Gasteiger partial charge on any atom is 0.237 e. The normalized spacial score (nSPS) is 18.1. The van der Waals surface area contributed by atoms with E-state index in [-0.39, 0.29) is 5.91 Å². The molecule has 1 heterocycles. The van der Waals surface area contributed by atoms with Crippen LogP contribution in [-0.4, -0.2) is 30.7 Å². The second-order valence-corrected chi connectivity index (χ2v) is 6.94. The number of likely N-dealkylation sites (N-methyl/N-ethyl adjacent to an activating group) is 1. The standard InChI is InChI=1S/C20H23FN2O2/c1-20(2)15-10-9-14(21)11-16(15)23(19(20)25)18(17(24)12-22-3)13-7-5-4-6-8-13/h4-11,17-18,22,24H,12H2,1-3H3/t17-,18-/m0/s1. The molecule has 0 fully saturated rings. The number of benzene rings is 2. The van der Waals surface area contributed by atoms with E-state index >= 15 is 0 Å². The quantitative estimate of drug-likeness (QED) is 0.878. The van der Waals surface area contributed by atoms with Gasteiger partial charge in [0.05, 0.1) is 23.2 Å². The largest absolute Gasteiger partial charge is 0.389 e. The molecule has 5 heteroatoms. The van der Waals surface area contributed by atoms with Crippen LogP contribution in [-0.2, 0) is 10.2 Å². The molecule has 3 rings (SSSR count). The highest BCUT2D eigenvalue weighted by molar-refractivity contribution is 6.08. The minimum Gasteiger partial charge on any atom is -0.389 e. The fourth-order valence-electron chi connectivity index (χ4n) is 3.55. The molecule has 4 nitrogen and oxygen atoms in total. The van der Waals surface area contributed by atoms with E-state index in [2.05, 4.69) is 5.32 Å². The zero-order chi connectivity index (χ0) is 18.2. The number of amides is 1. The first kappa shape index (κ1) is 17.6. The molecule has 0 saturated carbocycles. The van der Waals surface area contributed by atoms with E-state index in [4.69, 9.17) is 0 Å². The molecule has 0 saturated heterocycles. The highest BCUT2D eigenvalue weighted by atomic mass is 19.1. The van der Waals surface area contributed by atoms with Crippen LogP contribution in [0.2, 0.25) is 0 Å². The lowest BCUT2D eigenvalue weighted by Gasteiger charge is -2.33. The average molecular weight is 342 g/mol. The Morgan fingerprint density at radius 2 is 1.88 bits per heavy atom. The number of aliphatic hydroxyl groups is 1. The van der Waals surface area contributed by atoms with Crippen molar-refractivity contribution < 1.29 is 14.3 Å². The van der Waals surface area contributed by atoms with Crippen LogP contribution >= 0.6 is 0 Å². The summed E-state index contributed by atoms with van der Waals surface area (Å²) in [5, 5.41) is 13.7. The second-order valence-electron chi connectivity index (χ2n) is 6.94. The molecule has 132 valence electrons. The number of carbonyl (C=O) groups excluding carboxylic acids is 1. The Kier molecular flexibility index (Phi) is 4.62. The summed E-state index contributed by atoms with van der Waals surface area (Å²) < 4.78 is 13.9. The smallest absolute Gasteiger partial charge is 0.237 e. The highest BCUT2D eigenvalue weighted by Crippen LogP contribution is 2.46. The lowest BCUT2D eigenvalue weighted by atomic mass is 9.86. The summed E-state index contributed by atoms with van der Waals surface area (Å²) in [6.45, 7) is 3.98.